The normalized spacial score (nSPS) is 24.2. The van der Waals surface area contributed by atoms with Crippen LogP contribution in [0.15, 0.2) is 41.0 Å². The molecule has 0 saturated heterocycles. The van der Waals surface area contributed by atoms with E-state index in [1.807, 2.05) is 6.20 Å². The van der Waals surface area contributed by atoms with Gasteiger partial charge in [-0.2, -0.15) is 0 Å². The molecule has 0 fully saturated rings. The Morgan fingerprint density at radius 1 is 1.44 bits per heavy atom. The summed E-state index contributed by atoms with van der Waals surface area (Å²) in [5.74, 6) is 1.41. The Labute approximate surface area is 110 Å². The first kappa shape index (κ1) is 12.9. The molecular weight excluding hydrogens is 220 g/mol. The molecule has 0 amide bonds. The second kappa shape index (κ2) is 5.85. The summed E-state index contributed by atoms with van der Waals surface area (Å²) in [4.78, 5) is 3.99. The number of nitrogens with two attached hydrogens (primary N) is 1. The summed E-state index contributed by atoms with van der Waals surface area (Å²) in [6, 6.07) is 8.85. The number of rotatable bonds is 3. The lowest BCUT2D eigenvalue weighted by atomic mass is 9.76. The van der Waals surface area contributed by atoms with Crippen molar-refractivity contribution in [1.29, 1.82) is 0 Å². The average Bonchev–Trinajstić information content (AvgIpc) is 2.36. The molecule has 0 aliphatic heterocycles. The summed E-state index contributed by atoms with van der Waals surface area (Å²) in [5.41, 5.74) is 9.63. The lowest BCUT2D eigenvalue weighted by molar-refractivity contribution is 0.413. The predicted octanol–water partition coefficient (Wildman–Crippen LogP) is 3.63. The first-order valence-electron chi connectivity index (χ1n) is 6.67. The Morgan fingerprint density at radius 3 is 3.00 bits per heavy atom. The fraction of sp³-hybridized carbons (Fsp3) is 0.438. The van der Waals surface area contributed by atoms with Gasteiger partial charge in [-0.15, -0.1) is 0 Å². The minimum atomic E-state index is 0.672. The van der Waals surface area contributed by atoms with E-state index in [0.717, 1.165) is 12.3 Å². The minimum absolute atomic E-state index is 0.672. The highest BCUT2D eigenvalue weighted by atomic mass is 14.8. The second-order valence-electron chi connectivity index (χ2n) is 5.38. The molecule has 0 aromatic heterocycles. The third kappa shape index (κ3) is 3.00. The number of hydrogen-bond acceptors (Lipinski definition) is 1. The van der Waals surface area contributed by atoms with Crippen molar-refractivity contribution >= 4 is 6.34 Å². The molecule has 2 atom stereocenters. The molecule has 2 nitrogen and oxygen atoms in total. The van der Waals surface area contributed by atoms with Gasteiger partial charge in [-0.3, -0.25) is 0 Å². The van der Waals surface area contributed by atoms with Crippen LogP contribution < -0.4 is 5.73 Å². The molecule has 2 heteroatoms. The van der Waals surface area contributed by atoms with E-state index in [0.29, 0.717) is 5.92 Å². The van der Waals surface area contributed by atoms with Gasteiger partial charge in [0.15, 0.2) is 0 Å². The van der Waals surface area contributed by atoms with Crippen LogP contribution in [0.25, 0.3) is 0 Å². The maximum absolute atomic E-state index is 5.26. The average molecular weight is 242 g/mol. The van der Waals surface area contributed by atoms with Crippen molar-refractivity contribution in [2.24, 2.45) is 16.6 Å². The third-order valence-corrected chi connectivity index (χ3v) is 3.77. The van der Waals surface area contributed by atoms with Crippen molar-refractivity contribution < 1.29 is 0 Å². The van der Waals surface area contributed by atoms with E-state index in [4.69, 9.17) is 5.73 Å². The van der Waals surface area contributed by atoms with E-state index >= 15 is 0 Å². The molecule has 96 valence electrons. The largest absolute Gasteiger partial charge is 0.390 e. The molecule has 2 unspecified atom stereocenters. The predicted molar refractivity (Wildman–Crippen MR) is 77.7 cm³/mol. The summed E-state index contributed by atoms with van der Waals surface area (Å²) in [7, 11) is 0. The van der Waals surface area contributed by atoms with E-state index in [1.54, 1.807) is 0 Å². The van der Waals surface area contributed by atoms with Gasteiger partial charge in [0.25, 0.3) is 0 Å². The first-order valence-corrected chi connectivity index (χ1v) is 6.67. The van der Waals surface area contributed by atoms with E-state index in [1.165, 1.54) is 35.9 Å². The highest BCUT2D eigenvalue weighted by molar-refractivity contribution is 5.52. The number of aliphatic imine (C=N–C) groups is 1. The molecule has 18 heavy (non-hydrogen) atoms. The number of nitrogens with zero attached hydrogens (tertiary/aromatic N) is 1. The lowest BCUT2D eigenvalue weighted by Crippen LogP contribution is -2.17. The van der Waals surface area contributed by atoms with E-state index < -0.39 is 0 Å². The van der Waals surface area contributed by atoms with Crippen LogP contribution in [0.2, 0.25) is 0 Å². The van der Waals surface area contributed by atoms with Gasteiger partial charge >= 0.3 is 0 Å². The maximum Gasteiger partial charge on any atom is 0.0852 e. The molecular formula is C16H22N2. The fourth-order valence-electron chi connectivity index (χ4n) is 3.06. The van der Waals surface area contributed by atoms with Gasteiger partial charge < -0.3 is 5.73 Å². The third-order valence-electron chi connectivity index (χ3n) is 3.77. The topological polar surface area (TPSA) is 38.4 Å². The number of benzene rings is 1. The molecule has 2 N–H and O–H groups in total. The fourth-order valence-corrected chi connectivity index (χ4v) is 3.06. The van der Waals surface area contributed by atoms with E-state index in [-0.39, 0.29) is 0 Å². The van der Waals surface area contributed by atoms with E-state index in [2.05, 4.69) is 43.1 Å². The minimum Gasteiger partial charge on any atom is -0.390 e. The molecule has 0 saturated carbocycles. The smallest absolute Gasteiger partial charge is 0.0852 e. The number of hydrogen-bond donors (Lipinski definition) is 1. The van der Waals surface area contributed by atoms with Gasteiger partial charge in [-0.1, -0.05) is 36.8 Å². The second-order valence-corrected chi connectivity index (χ2v) is 5.38. The van der Waals surface area contributed by atoms with Crippen LogP contribution in [0.1, 0.15) is 43.7 Å². The van der Waals surface area contributed by atoms with Crippen LogP contribution in [-0.2, 0) is 6.42 Å². The summed E-state index contributed by atoms with van der Waals surface area (Å²) < 4.78 is 0. The zero-order chi connectivity index (χ0) is 13.0. The number of allylic oxidation sites excluding steroid dienone is 1. The van der Waals surface area contributed by atoms with Crippen LogP contribution in [-0.4, -0.2) is 6.34 Å². The van der Waals surface area contributed by atoms with Crippen molar-refractivity contribution in [2.45, 2.75) is 39.0 Å². The summed E-state index contributed by atoms with van der Waals surface area (Å²) in [6.45, 7) is 4.47. The Hall–Kier alpha value is -1.57. The van der Waals surface area contributed by atoms with Crippen LogP contribution >= 0.6 is 0 Å². The summed E-state index contributed by atoms with van der Waals surface area (Å²) in [5, 5.41) is 0. The van der Waals surface area contributed by atoms with Crippen molar-refractivity contribution in [3.63, 3.8) is 0 Å². The highest BCUT2D eigenvalue weighted by Crippen LogP contribution is 2.36. The molecule has 1 aromatic rings. The molecule has 0 spiro atoms. The zero-order valence-corrected chi connectivity index (χ0v) is 11.3. The zero-order valence-electron chi connectivity index (χ0n) is 11.3. The molecule has 1 aliphatic carbocycles. The molecule has 1 aromatic carbocycles. The Kier molecular flexibility index (Phi) is 4.19. The summed E-state index contributed by atoms with van der Waals surface area (Å²) >= 11 is 0. The maximum atomic E-state index is 5.26. The van der Waals surface area contributed by atoms with Crippen molar-refractivity contribution in [2.75, 3.05) is 0 Å². The van der Waals surface area contributed by atoms with Crippen LogP contribution in [0.4, 0.5) is 0 Å². The van der Waals surface area contributed by atoms with Crippen LogP contribution in [0, 0.1) is 5.92 Å². The van der Waals surface area contributed by atoms with Gasteiger partial charge in [-0.05, 0) is 49.1 Å². The quantitative estimate of drug-likeness (QED) is 0.638. The highest BCUT2D eigenvalue weighted by Gasteiger charge is 2.23. The van der Waals surface area contributed by atoms with Gasteiger partial charge in [0.1, 0.15) is 0 Å². The molecule has 0 radical (unpaired) electrons. The Bertz CT molecular complexity index is 460. The number of fused-ring (bicyclic) bond motifs is 1. The van der Waals surface area contributed by atoms with Crippen molar-refractivity contribution in [1.82, 2.24) is 0 Å². The molecule has 0 bridgehead atoms. The van der Waals surface area contributed by atoms with Gasteiger partial charge in [0, 0.05) is 6.20 Å². The Morgan fingerprint density at radius 2 is 2.22 bits per heavy atom. The first-order chi connectivity index (χ1) is 8.70. The van der Waals surface area contributed by atoms with Crippen molar-refractivity contribution in [3.05, 3.63) is 47.2 Å². The molecule has 0 heterocycles. The Balaban J connectivity index is 2.07. The van der Waals surface area contributed by atoms with Crippen LogP contribution in [0.3, 0.4) is 0 Å². The lowest BCUT2D eigenvalue weighted by Gasteiger charge is -2.29. The van der Waals surface area contributed by atoms with Gasteiger partial charge in [0.05, 0.1) is 6.34 Å². The standard InChI is InChI=1S/C16H22N2/c1-12(10-18-11-17)7-14-8-13(2)16-6-4-3-5-15(16)9-14/h3-6,10-11,13-14H,7-9H2,1-2H3,(H2,17,18)/b12-10+. The molecule has 2 rings (SSSR count). The van der Waals surface area contributed by atoms with Crippen LogP contribution in [0.5, 0.6) is 0 Å². The van der Waals surface area contributed by atoms with Gasteiger partial charge in [0.2, 0.25) is 0 Å². The van der Waals surface area contributed by atoms with Crippen molar-refractivity contribution in [3.8, 4) is 0 Å². The molecule has 1 aliphatic rings. The van der Waals surface area contributed by atoms with Gasteiger partial charge in [-0.25, -0.2) is 4.99 Å². The summed E-state index contributed by atoms with van der Waals surface area (Å²) in [6.07, 6.45) is 6.82. The SMILES string of the molecule is C/C(=C\N=CN)CC1Cc2ccccc2C(C)C1. The monoisotopic (exact) mass is 242 g/mol. The van der Waals surface area contributed by atoms with E-state index in [9.17, 15) is 0 Å².